The van der Waals surface area contributed by atoms with Gasteiger partial charge >= 0.3 is 5.97 Å². The molecule has 2 rings (SSSR count). The Kier molecular flexibility index (Phi) is 16.1. The summed E-state index contributed by atoms with van der Waals surface area (Å²) in [6, 6.07) is 2.36. The van der Waals surface area contributed by atoms with Crippen molar-refractivity contribution in [2.45, 2.75) is 75.2 Å². The molecule has 19 nitrogen and oxygen atoms in total. The van der Waals surface area contributed by atoms with Crippen molar-refractivity contribution in [3.05, 3.63) is 35.9 Å². The fraction of sp³-hybridized carbons (Fsp3) is 0.517. The Balaban J connectivity index is 2.21. The number of aliphatic carboxylic acids is 1. The number of nitrogens with one attached hydrogen (secondary N) is 5. The van der Waals surface area contributed by atoms with Crippen molar-refractivity contribution in [3.63, 3.8) is 0 Å². The van der Waals surface area contributed by atoms with Crippen molar-refractivity contribution in [3.8, 4) is 0 Å². The largest absolute Gasteiger partial charge is 0.480 e. The van der Waals surface area contributed by atoms with Gasteiger partial charge in [-0.25, -0.2) is 4.79 Å². The number of hydrogen-bond donors (Lipinski definition) is 11. The molecule has 0 saturated carbocycles. The zero-order chi connectivity index (χ0) is 35.6. The van der Waals surface area contributed by atoms with Crippen LogP contribution in [0.1, 0.15) is 44.1 Å². The molecule has 48 heavy (non-hydrogen) atoms. The monoisotopic (exact) mass is 675 g/mol. The number of aliphatic imine (C=N–C) groups is 2. The van der Waals surface area contributed by atoms with Gasteiger partial charge in [0.15, 0.2) is 11.9 Å². The predicted octanol–water partition coefficient (Wildman–Crippen LogP) is -4.37. The molecule has 5 amide bonds. The SMILES string of the molecule is NC(N)=NCCC[C@H](NC(=O)[C@H](CO)NC(=O)[C@H](Cc1ccccc1)NC(=O)[C@H](CCCN=C(N)N)NC(=O)[C@@H]1CCC(=O)N1)C(=O)O. The van der Waals surface area contributed by atoms with Gasteiger partial charge in [0.2, 0.25) is 29.5 Å². The molecule has 1 aromatic carbocycles. The summed E-state index contributed by atoms with van der Waals surface area (Å²) in [6.45, 7) is -0.621. The lowest BCUT2D eigenvalue weighted by atomic mass is 10.0. The van der Waals surface area contributed by atoms with E-state index in [-0.39, 0.29) is 75.9 Å². The molecular weight excluding hydrogens is 630 g/mol. The Morgan fingerprint density at radius 1 is 0.792 bits per heavy atom. The summed E-state index contributed by atoms with van der Waals surface area (Å²) in [5, 5.41) is 31.9. The van der Waals surface area contributed by atoms with Crippen molar-refractivity contribution >= 4 is 47.4 Å². The van der Waals surface area contributed by atoms with E-state index in [1.165, 1.54) is 0 Å². The molecule has 0 aliphatic carbocycles. The summed E-state index contributed by atoms with van der Waals surface area (Å²) in [5.41, 5.74) is 21.9. The van der Waals surface area contributed by atoms with Crippen LogP contribution in [-0.4, -0.2) is 108 Å². The predicted molar refractivity (Wildman–Crippen MR) is 174 cm³/mol. The van der Waals surface area contributed by atoms with Gasteiger partial charge in [0.05, 0.1) is 6.61 Å². The molecule has 1 heterocycles. The number of rotatable bonds is 20. The van der Waals surface area contributed by atoms with Crippen LogP contribution in [0.15, 0.2) is 40.3 Å². The second kappa shape index (κ2) is 19.9. The van der Waals surface area contributed by atoms with Gasteiger partial charge in [-0.05, 0) is 37.7 Å². The van der Waals surface area contributed by atoms with E-state index in [4.69, 9.17) is 22.9 Å². The van der Waals surface area contributed by atoms with E-state index in [0.29, 0.717) is 5.56 Å². The van der Waals surface area contributed by atoms with E-state index in [1.54, 1.807) is 30.3 Å². The van der Waals surface area contributed by atoms with E-state index in [9.17, 15) is 39.0 Å². The van der Waals surface area contributed by atoms with Crippen LogP contribution in [-0.2, 0) is 35.2 Å². The molecule has 0 spiro atoms. The number of nitrogens with two attached hydrogens (primary N) is 4. The number of aliphatic hydroxyl groups is 1. The lowest BCUT2D eigenvalue weighted by Gasteiger charge is -2.26. The lowest BCUT2D eigenvalue weighted by molar-refractivity contribution is -0.142. The van der Waals surface area contributed by atoms with E-state index < -0.39 is 66.4 Å². The molecule has 264 valence electrons. The number of guanidine groups is 2. The van der Waals surface area contributed by atoms with Gasteiger partial charge in [0, 0.05) is 25.9 Å². The van der Waals surface area contributed by atoms with Gasteiger partial charge in [-0.2, -0.15) is 0 Å². The van der Waals surface area contributed by atoms with Crippen molar-refractivity contribution in [2.24, 2.45) is 32.9 Å². The van der Waals surface area contributed by atoms with Gasteiger partial charge in [-0.15, -0.1) is 0 Å². The Morgan fingerprint density at radius 2 is 1.31 bits per heavy atom. The highest BCUT2D eigenvalue weighted by atomic mass is 16.4. The first-order chi connectivity index (χ1) is 22.8. The summed E-state index contributed by atoms with van der Waals surface area (Å²) in [7, 11) is 0. The number of carbonyl (C=O) groups is 6. The van der Waals surface area contributed by atoms with Crippen molar-refractivity contribution in [2.75, 3.05) is 19.7 Å². The van der Waals surface area contributed by atoms with Crippen molar-refractivity contribution in [1.29, 1.82) is 0 Å². The van der Waals surface area contributed by atoms with Crippen LogP contribution >= 0.6 is 0 Å². The topological polar surface area (TPSA) is 332 Å². The van der Waals surface area contributed by atoms with E-state index >= 15 is 0 Å². The maximum atomic E-state index is 13.6. The summed E-state index contributed by atoms with van der Waals surface area (Å²) < 4.78 is 0. The molecule has 1 aliphatic rings. The number of hydrogen-bond acceptors (Lipinski definition) is 9. The van der Waals surface area contributed by atoms with Crippen LogP contribution in [0.3, 0.4) is 0 Å². The molecule has 1 saturated heterocycles. The number of amides is 5. The number of aliphatic hydroxyl groups excluding tert-OH is 1. The average Bonchev–Trinajstić information content (AvgIpc) is 3.48. The zero-order valence-corrected chi connectivity index (χ0v) is 26.4. The number of nitrogens with zero attached hydrogens (tertiary/aromatic N) is 2. The highest BCUT2D eigenvalue weighted by Crippen LogP contribution is 2.10. The molecule has 0 radical (unpaired) electrons. The van der Waals surface area contributed by atoms with Crippen molar-refractivity contribution < 1.29 is 39.0 Å². The third kappa shape index (κ3) is 13.9. The maximum Gasteiger partial charge on any atom is 0.326 e. The molecule has 19 heteroatoms. The first kappa shape index (κ1) is 38.7. The van der Waals surface area contributed by atoms with Crippen LogP contribution in [0, 0.1) is 0 Å². The normalized spacial score (nSPS) is 16.2. The first-order valence-electron chi connectivity index (χ1n) is 15.3. The van der Waals surface area contributed by atoms with Gasteiger partial charge in [0.1, 0.15) is 30.2 Å². The second-order valence-electron chi connectivity index (χ2n) is 11.0. The Morgan fingerprint density at radius 3 is 1.83 bits per heavy atom. The molecule has 15 N–H and O–H groups in total. The Hall–Kier alpha value is -5.46. The van der Waals surface area contributed by atoms with E-state index in [1.807, 2.05) is 0 Å². The quantitative estimate of drug-likeness (QED) is 0.0355. The van der Waals surface area contributed by atoms with Crippen molar-refractivity contribution in [1.82, 2.24) is 26.6 Å². The first-order valence-corrected chi connectivity index (χ1v) is 15.3. The Bertz CT molecular complexity index is 1330. The summed E-state index contributed by atoms with van der Waals surface area (Å²) >= 11 is 0. The third-order valence-electron chi connectivity index (χ3n) is 7.18. The Labute approximate surface area is 276 Å². The summed E-state index contributed by atoms with van der Waals surface area (Å²) in [6.07, 6.45) is 0.862. The molecular formula is C29H45N11O8. The molecule has 1 aromatic rings. The van der Waals surface area contributed by atoms with E-state index in [0.717, 1.165) is 0 Å². The highest BCUT2D eigenvalue weighted by Gasteiger charge is 2.33. The number of carboxylic acid groups (broad SMARTS) is 1. The van der Waals surface area contributed by atoms with Gasteiger partial charge in [-0.1, -0.05) is 30.3 Å². The smallest absolute Gasteiger partial charge is 0.326 e. The molecule has 1 fully saturated rings. The standard InChI is InChI=1S/C29H45N11O8/c30-28(31)34-12-4-8-17(37-24(44)18-10-11-22(42)36-18)23(43)39-20(14-16-6-2-1-3-7-16)25(45)40-21(15-41)26(46)38-19(27(47)48)9-5-13-35-29(32)33/h1-3,6-7,17-21,41H,4-5,8-15H2,(H,36,42)(H,37,44)(H,38,46)(H,39,43)(H,40,45)(H,47,48)(H4,30,31,34)(H4,32,33,35)/t17-,18-,19-,20-,21-/m0/s1. The lowest BCUT2D eigenvalue weighted by Crippen LogP contribution is -2.59. The molecule has 5 atom stereocenters. The number of carboxylic acids is 1. The van der Waals surface area contributed by atoms with Gasteiger partial charge in [-0.3, -0.25) is 34.0 Å². The fourth-order valence-corrected chi connectivity index (χ4v) is 4.69. The number of carbonyl (C=O) groups excluding carboxylic acids is 5. The van der Waals surface area contributed by atoms with Gasteiger partial charge < -0.3 is 59.7 Å². The fourth-order valence-electron chi connectivity index (χ4n) is 4.69. The van der Waals surface area contributed by atoms with Crippen LogP contribution in [0.25, 0.3) is 0 Å². The minimum atomic E-state index is -1.58. The molecule has 0 unspecified atom stereocenters. The highest BCUT2D eigenvalue weighted by molar-refractivity contribution is 5.96. The molecule has 0 aromatic heterocycles. The van der Waals surface area contributed by atoms with Crippen LogP contribution < -0.4 is 49.5 Å². The average molecular weight is 676 g/mol. The zero-order valence-electron chi connectivity index (χ0n) is 26.4. The minimum absolute atomic E-state index is 0.0442. The maximum absolute atomic E-state index is 13.6. The van der Waals surface area contributed by atoms with E-state index in [2.05, 4.69) is 36.6 Å². The summed E-state index contributed by atoms with van der Waals surface area (Å²) in [4.78, 5) is 83.9. The van der Waals surface area contributed by atoms with Gasteiger partial charge in [0.25, 0.3) is 0 Å². The molecule has 0 bridgehead atoms. The second-order valence-corrected chi connectivity index (χ2v) is 11.0. The minimum Gasteiger partial charge on any atom is -0.480 e. The van der Waals surface area contributed by atoms with Crippen LogP contribution in [0.2, 0.25) is 0 Å². The van der Waals surface area contributed by atoms with Crippen LogP contribution in [0.4, 0.5) is 0 Å². The van der Waals surface area contributed by atoms with Crippen LogP contribution in [0.5, 0.6) is 0 Å². The third-order valence-corrected chi connectivity index (χ3v) is 7.18. The number of benzene rings is 1. The molecule has 1 aliphatic heterocycles. The summed E-state index contributed by atoms with van der Waals surface area (Å²) in [5.74, 6) is -5.16.